The molecule has 2 aromatic heterocycles. The van der Waals surface area contributed by atoms with Gasteiger partial charge in [-0.1, -0.05) is 23.0 Å². The molecule has 0 saturated heterocycles. The van der Waals surface area contributed by atoms with Crippen molar-refractivity contribution in [1.29, 1.82) is 0 Å². The maximum Gasteiger partial charge on any atom is 0.232 e. The summed E-state index contributed by atoms with van der Waals surface area (Å²) in [4.78, 5) is 22.6. The van der Waals surface area contributed by atoms with Crippen LogP contribution in [0.25, 0.3) is 16.9 Å². The third kappa shape index (κ3) is 3.62. The molecule has 2 heterocycles. The van der Waals surface area contributed by atoms with Crippen molar-refractivity contribution in [3.8, 4) is 11.4 Å². The van der Waals surface area contributed by atoms with E-state index >= 15 is 0 Å². The van der Waals surface area contributed by atoms with Crippen LogP contribution < -0.4 is 4.74 Å². The van der Waals surface area contributed by atoms with E-state index in [9.17, 15) is 4.79 Å². The van der Waals surface area contributed by atoms with E-state index in [1.165, 1.54) is 18.1 Å². The Bertz CT molecular complexity index is 909. The number of rotatable bonds is 7. The molecule has 3 aromatic rings. The molecule has 0 unspecified atom stereocenters. The molecule has 0 aliphatic rings. The number of fused-ring (bicyclic) bond motifs is 1. The first kappa shape index (κ1) is 18.1. The maximum absolute atomic E-state index is 12.2. The largest absolute Gasteiger partial charge is 0.497 e. The molecule has 0 atom stereocenters. The highest BCUT2D eigenvalue weighted by molar-refractivity contribution is 8.00. The van der Waals surface area contributed by atoms with Gasteiger partial charge in [0.15, 0.2) is 11.2 Å². The number of hydrogen-bond donors (Lipinski definition) is 0. The Kier molecular flexibility index (Phi) is 5.67. The molecule has 0 saturated carbocycles. The van der Waals surface area contributed by atoms with Crippen molar-refractivity contribution in [2.45, 2.75) is 18.9 Å². The fraction of sp³-hybridized carbons (Fsp3) is 0.353. The number of ether oxygens (including phenoxy) is 1. The molecule has 0 N–H and O–H groups in total. The zero-order valence-electron chi connectivity index (χ0n) is 14.9. The Labute approximate surface area is 155 Å². The zero-order valence-corrected chi connectivity index (χ0v) is 15.7. The van der Waals surface area contributed by atoms with Crippen LogP contribution in [-0.4, -0.2) is 61.7 Å². The van der Waals surface area contributed by atoms with Crippen LogP contribution in [0.2, 0.25) is 0 Å². The lowest BCUT2D eigenvalue weighted by molar-refractivity contribution is -0.127. The summed E-state index contributed by atoms with van der Waals surface area (Å²) >= 11 is 1.35. The molecule has 1 aromatic carbocycles. The Balaban J connectivity index is 1.88. The molecule has 8 nitrogen and oxygen atoms in total. The topological polar surface area (TPSA) is 86.0 Å². The highest BCUT2D eigenvalue weighted by Gasteiger charge is 2.16. The molecule has 26 heavy (non-hydrogen) atoms. The minimum Gasteiger partial charge on any atom is -0.497 e. The third-order valence-electron chi connectivity index (χ3n) is 3.95. The summed E-state index contributed by atoms with van der Waals surface area (Å²) in [6.07, 6.45) is 1.46. The van der Waals surface area contributed by atoms with Crippen LogP contribution >= 0.6 is 11.8 Å². The number of carbonyl (C=O) groups is 1. The first-order chi connectivity index (χ1) is 12.7. The van der Waals surface area contributed by atoms with Crippen molar-refractivity contribution in [3.05, 3.63) is 30.6 Å². The lowest BCUT2D eigenvalue weighted by Crippen LogP contribution is -2.31. The second-order valence-electron chi connectivity index (χ2n) is 5.41. The Morgan fingerprint density at radius 1 is 1.27 bits per heavy atom. The third-order valence-corrected chi connectivity index (χ3v) is 4.91. The number of methoxy groups -OCH3 is 1. The first-order valence-corrected chi connectivity index (χ1v) is 9.27. The second kappa shape index (κ2) is 8.13. The monoisotopic (exact) mass is 372 g/mol. The van der Waals surface area contributed by atoms with Gasteiger partial charge in [-0.15, -0.1) is 5.10 Å². The molecule has 0 bridgehead atoms. The van der Waals surface area contributed by atoms with E-state index in [1.54, 1.807) is 16.7 Å². The van der Waals surface area contributed by atoms with Crippen LogP contribution in [0, 0.1) is 0 Å². The van der Waals surface area contributed by atoms with Crippen LogP contribution in [0.15, 0.2) is 35.6 Å². The van der Waals surface area contributed by atoms with Crippen molar-refractivity contribution in [3.63, 3.8) is 0 Å². The van der Waals surface area contributed by atoms with Crippen molar-refractivity contribution in [2.75, 3.05) is 26.0 Å². The molecule has 0 spiro atoms. The van der Waals surface area contributed by atoms with Gasteiger partial charge in [0.1, 0.15) is 17.1 Å². The van der Waals surface area contributed by atoms with Crippen LogP contribution in [0.3, 0.4) is 0 Å². The SMILES string of the molecule is CCN(CC)C(=O)CSc1ncnc2c1nnn2-c1cccc(OC)c1. The minimum absolute atomic E-state index is 0.0759. The lowest BCUT2D eigenvalue weighted by Gasteiger charge is -2.17. The van der Waals surface area contributed by atoms with Crippen molar-refractivity contribution < 1.29 is 9.53 Å². The van der Waals surface area contributed by atoms with Gasteiger partial charge in [-0.25, -0.2) is 9.97 Å². The summed E-state index contributed by atoms with van der Waals surface area (Å²) in [5.74, 6) is 1.10. The summed E-state index contributed by atoms with van der Waals surface area (Å²) in [5.41, 5.74) is 1.96. The Morgan fingerprint density at radius 2 is 2.08 bits per heavy atom. The van der Waals surface area contributed by atoms with Crippen LogP contribution in [0.4, 0.5) is 0 Å². The van der Waals surface area contributed by atoms with Gasteiger partial charge >= 0.3 is 0 Å². The smallest absolute Gasteiger partial charge is 0.232 e. The summed E-state index contributed by atoms with van der Waals surface area (Å²) < 4.78 is 6.89. The van der Waals surface area contributed by atoms with Gasteiger partial charge in [0.25, 0.3) is 0 Å². The molecule has 0 fully saturated rings. The predicted molar refractivity (Wildman–Crippen MR) is 99.7 cm³/mol. The number of aromatic nitrogens is 5. The Hall–Kier alpha value is -2.68. The molecule has 3 rings (SSSR count). The highest BCUT2D eigenvalue weighted by Crippen LogP contribution is 2.25. The zero-order chi connectivity index (χ0) is 18.5. The van der Waals surface area contributed by atoms with Crippen LogP contribution in [-0.2, 0) is 4.79 Å². The van der Waals surface area contributed by atoms with E-state index in [0.29, 0.717) is 35.0 Å². The van der Waals surface area contributed by atoms with E-state index < -0.39 is 0 Å². The molecule has 136 valence electrons. The van der Waals surface area contributed by atoms with Gasteiger partial charge < -0.3 is 9.64 Å². The maximum atomic E-state index is 12.2. The van der Waals surface area contributed by atoms with Gasteiger partial charge in [-0.05, 0) is 26.0 Å². The number of amides is 1. The standard InChI is InChI=1S/C17H20N6O2S/c1-4-22(5-2)14(24)10-26-17-15-16(18-11-19-17)23(21-20-15)12-7-6-8-13(9-12)25-3/h6-9,11H,4-5,10H2,1-3H3. The summed E-state index contributed by atoms with van der Waals surface area (Å²) in [6.45, 7) is 5.32. The number of thioether (sulfide) groups is 1. The average Bonchev–Trinajstić information content (AvgIpc) is 3.12. The second-order valence-corrected chi connectivity index (χ2v) is 6.37. The van der Waals surface area contributed by atoms with Crippen molar-refractivity contribution in [2.24, 2.45) is 0 Å². The fourth-order valence-corrected chi connectivity index (χ4v) is 3.38. The van der Waals surface area contributed by atoms with E-state index in [-0.39, 0.29) is 5.91 Å². The van der Waals surface area contributed by atoms with Gasteiger partial charge in [-0.3, -0.25) is 4.79 Å². The van der Waals surface area contributed by atoms with E-state index in [0.717, 1.165) is 11.4 Å². The molecular formula is C17H20N6O2S. The van der Waals surface area contributed by atoms with E-state index in [2.05, 4.69) is 20.3 Å². The Morgan fingerprint density at radius 3 is 2.81 bits per heavy atom. The number of carbonyl (C=O) groups excluding carboxylic acids is 1. The number of benzene rings is 1. The van der Waals surface area contributed by atoms with Gasteiger partial charge in [0, 0.05) is 19.2 Å². The molecule has 9 heteroatoms. The molecule has 0 radical (unpaired) electrons. The summed E-state index contributed by atoms with van der Waals surface area (Å²) in [7, 11) is 1.61. The molecule has 0 aliphatic carbocycles. The molecule has 1 amide bonds. The van der Waals surface area contributed by atoms with Crippen LogP contribution in [0.1, 0.15) is 13.8 Å². The van der Waals surface area contributed by atoms with Gasteiger partial charge in [-0.2, -0.15) is 4.68 Å². The molecule has 0 aliphatic heterocycles. The quantitative estimate of drug-likeness (QED) is 0.464. The van der Waals surface area contributed by atoms with Gasteiger partial charge in [0.2, 0.25) is 5.91 Å². The first-order valence-electron chi connectivity index (χ1n) is 8.29. The van der Waals surface area contributed by atoms with E-state index in [4.69, 9.17) is 4.74 Å². The average molecular weight is 372 g/mol. The lowest BCUT2D eigenvalue weighted by atomic mass is 10.3. The minimum atomic E-state index is 0.0759. The normalized spacial score (nSPS) is 10.9. The number of nitrogens with zero attached hydrogens (tertiary/aromatic N) is 6. The number of hydrogen-bond acceptors (Lipinski definition) is 7. The predicted octanol–water partition coefficient (Wildman–Crippen LogP) is 2.18. The van der Waals surface area contributed by atoms with Gasteiger partial charge in [0.05, 0.1) is 18.6 Å². The molecular weight excluding hydrogens is 352 g/mol. The van der Waals surface area contributed by atoms with Crippen LogP contribution in [0.5, 0.6) is 5.75 Å². The summed E-state index contributed by atoms with van der Waals surface area (Å²) in [6, 6.07) is 7.49. The highest BCUT2D eigenvalue weighted by atomic mass is 32.2. The van der Waals surface area contributed by atoms with Crippen molar-refractivity contribution in [1.82, 2.24) is 29.9 Å². The fourth-order valence-electron chi connectivity index (χ4n) is 2.55. The van der Waals surface area contributed by atoms with Crippen molar-refractivity contribution >= 4 is 28.8 Å². The van der Waals surface area contributed by atoms with E-state index in [1.807, 2.05) is 38.1 Å². The summed E-state index contributed by atoms with van der Waals surface area (Å²) in [5, 5.41) is 9.05.